The Labute approximate surface area is 112 Å². The summed E-state index contributed by atoms with van der Waals surface area (Å²) in [7, 11) is 0. The predicted molar refractivity (Wildman–Crippen MR) is 70.5 cm³/mol. The van der Waals surface area contributed by atoms with E-state index in [9.17, 15) is 4.79 Å². The molecule has 0 saturated heterocycles. The summed E-state index contributed by atoms with van der Waals surface area (Å²) in [5.41, 5.74) is 1.20. The van der Waals surface area contributed by atoms with Crippen LogP contribution in [0.15, 0.2) is 18.2 Å². The van der Waals surface area contributed by atoms with Crippen LogP contribution in [0.25, 0.3) is 0 Å². The van der Waals surface area contributed by atoms with Gasteiger partial charge in [0.25, 0.3) is 0 Å². The van der Waals surface area contributed by atoms with E-state index >= 15 is 0 Å². The third-order valence-electron chi connectivity index (χ3n) is 2.39. The van der Waals surface area contributed by atoms with Crippen molar-refractivity contribution in [2.24, 2.45) is 5.92 Å². The Morgan fingerprint density at radius 1 is 1.61 bits per heavy atom. The fraction of sp³-hybridized carbons (Fsp3) is 0.385. The van der Waals surface area contributed by atoms with Gasteiger partial charge >= 0.3 is 5.97 Å². The van der Waals surface area contributed by atoms with E-state index in [1.165, 1.54) is 0 Å². The number of ether oxygens (including phenoxy) is 1. The number of nitrogens with one attached hydrogen (secondary N) is 1. The topological polar surface area (TPSA) is 62.1 Å². The molecular weight excluding hydrogens is 252 g/mol. The SMILES string of the molecule is CCOC(=O)C(C)CNc1ccc(C#N)c(Cl)c1. The summed E-state index contributed by atoms with van der Waals surface area (Å²) >= 11 is 5.90. The molecule has 0 heterocycles. The van der Waals surface area contributed by atoms with Gasteiger partial charge in [0.1, 0.15) is 6.07 Å². The highest BCUT2D eigenvalue weighted by Gasteiger charge is 2.13. The van der Waals surface area contributed by atoms with E-state index in [2.05, 4.69) is 5.32 Å². The van der Waals surface area contributed by atoms with Crippen LogP contribution in [0.2, 0.25) is 5.02 Å². The van der Waals surface area contributed by atoms with Gasteiger partial charge in [0.15, 0.2) is 0 Å². The second-order valence-electron chi connectivity index (χ2n) is 3.84. The highest BCUT2D eigenvalue weighted by molar-refractivity contribution is 6.32. The molecule has 0 saturated carbocycles. The van der Waals surface area contributed by atoms with Gasteiger partial charge in [0.05, 0.1) is 23.1 Å². The van der Waals surface area contributed by atoms with Gasteiger partial charge in [-0.1, -0.05) is 18.5 Å². The van der Waals surface area contributed by atoms with E-state index in [4.69, 9.17) is 21.6 Å². The zero-order valence-electron chi connectivity index (χ0n) is 10.4. The molecule has 4 nitrogen and oxygen atoms in total. The van der Waals surface area contributed by atoms with Crippen molar-refractivity contribution in [2.75, 3.05) is 18.5 Å². The molecular formula is C13H15ClN2O2. The second kappa shape index (κ2) is 6.87. The Hall–Kier alpha value is -1.73. The fourth-order valence-corrected chi connectivity index (χ4v) is 1.58. The Morgan fingerprint density at radius 3 is 2.89 bits per heavy atom. The summed E-state index contributed by atoms with van der Waals surface area (Å²) in [6.07, 6.45) is 0. The van der Waals surface area contributed by atoms with E-state index in [-0.39, 0.29) is 11.9 Å². The number of hydrogen-bond acceptors (Lipinski definition) is 4. The number of halogens is 1. The molecule has 1 aromatic carbocycles. The molecule has 1 aromatic rings. The summed E-state index contributed by atoms with van der Waals surface area (Å²) in [4.78, 5) is 11.4. The molecule has 1 atom stereocenters. The number of hydrogen-bond donors (Lipinski definition) is 1. The molecule has 18 heavy (non-hydrogen) atoms. The van der Waals surface area contributed by atoms with E-state index in [1.807, 2.05) is 6.07 Å². The van der Waals surface area contributed by atoms with Crippen molar-refractivity contribution in [2.45, 2.75) is 13.8 Å². The molecule has 0 aliphatic rings. The lowest BCUT2D eigenvalue weighted by molar-refractivity contribution is -0.146. The average molecular weight is 267 g/mol. The number of carbonyl (C=O) groups is 1. The van der Waals surface area contributed by atoms with Crippen molar-refractivity contribution in [3.05, 3.63) is 28.8 Å². The Morgan fingerprint density at radius 2 is 2.33 bits per heavy atom. The van der Waals surface area contributed by atoms with Crippen molar-refractivity contribution in [3.63, 3.8) is 0 Å². The average Bonchev–Trinajstić information content (AvgIpc) is 2.36. The van der Waals surface area contributed by atoms with Crippen LogP contribution < -0.4 is 5.32 Å². The number of nitrogens with zero attached hydrogens (tertiary/aromatic N) is 1. The van der Waals surface area contributed by atoms with E-state index in [0.717, 1.165) is 5.69 Å². The molecule has 0 aromatic heterocycles. The van der Waals surface area contributed by atoms with Crippen molar-refractivity contribution >= 4 is 23.3 Å². The first kappa shape index (κ1) is 14.3. The van der Waals surface area contributed by atoms with Gasteiger partial charge in [-0.25, -0.2) is 0 Å². The number of anilines is 1. The smallest absolute Gasteiger partial charge is 0.310 e. The van der Waals surface area contributed by atoms with Crippen LogP contribution >= 0.6 is 11.6 Å². The molecule has 0 amide bonds. The number of rotatable bonds is 5. The molecule has 5 heteroatoms. The van der Waals surface area contributed by atoms with Crippen LogP contribution in [0.4, 0.5) is 5.69 Å². The zero-order chi connectivity index (χ0) is 13.5. The minimum absolute atomic E-state index is 0.232. The molecule has 0 aliphatic heterocycles. The summed E-state index contributed by atoms with van der Waals surface area (Å²) in [5.74, 6) is -0.468. The molecule has 0 spiro atoms. The van der Waals surface area contributed by atoms with Crippen LogP contribution in [0.1, 0.15) is 19.4 Å². The standard InChI is InChI=1S/C13H15ClN2O2/c1-3-18-13(17)9(2)8-16-11-5-4-10(7-15)12(14)6-11/h4-6,9,16H,3,8H2,1-2H3. The van der Waals surface area contributed by atoms with Crippen molar-refractivity contribution in [1.29, 1.82) is 5.26 Å². The van der Waals surface area contributed by atoms with Crippen LogP contribution in [0, 0.1) is 17.2 Å². The lowest BCUT2D eigenvalue weighted by Gasteiger charge is -2.12. The van der Waals surface area contributed by atoms with Gasteiger partial charge in [0, 0.05) is 12.2 Å². The molecule has 1 unspecified atom stereocenters. The van der Waals surface area contributed by atoms with Gasteiger partial charge < -0.3 is 10.1 Å². The van der Waals surface area contributed by atoms with Crippen LogP contribution in [0.5, 0.6) is 0 Å². The third-order valence-corrected chi connectivity index (χ3v) is 2.70. The van der Waals surface area contributed by atoms with Gasteiger partial charge in [-0.05, 0) is 25.1 Å². The first-order valence-corrected chi connectivity index (χ1v) is 6.06. The van der Waals surface area contributed by atoms with Crippen molar-refractivity contribution < 1.29 is 9.53 Å². The quantitative estimate of drug-likeness (QED) is 0.833. The van der Waals surface area contributed by atoms with E-state index in [1.54, 1.807) is 32.0 Å². The summed E-state index contributed by atoms with van der Waals surface area (Å²) in [6.45, 7) is 4.40. The Kier molecular flexibility index (Phi) is 5.47. The first-order valence-electron chi connectivity index (χ1n) is 5.68. The number of carbonyl (C=O) groups excluding carboxylic acids is 1. The normalized spacial score (nSPS) is 11.4. The van der Waals surface area contributed by atoms with Crippen molar-refractivity contribution in [1.82, 2.24) is 0 Å². The van der Waals surface area contributed by atoms with E-state index < -0.39 is 0 Å². The molecule has 0 aliphatic carbocycles. The van der Waals surface area contributed by atoms with E-state index in [0.29, 0.717) is 23.7 Å². The summed E-state index contributed by atoms with van der Waals surface area (Å²) in [6, 6.07) is 7.04. The Bertz CT molecular complexity index is 469. The largest absolute Gasteiger partial charge is 0.466 e. The maximum absolute atomic E-state index is 11.4. The highest BCUT2D eigenvalue weighted by Crippen LogP contribution is 2.20. The molecule has 1 N–H and O–H groups in total. The lowest BCUT2D eigenvalue weighted by Crippen LogP contribution is -2.22. The van der Waals surface area contributed by atoms with Crippen LogP contribution in [-0.4, -0.2) is 19.1 Å². The Balaban J connectivity index is 2.56. The van der Waals surface area contributed by atoms with Gasteiger partial charge in [-0.3, -0.25) is 4.79 Å². The highest BCUT2D eigenvalue weighted by atomic mass is 35.5. The van der Waals surface area contributed by atoms with Crippen LogP contribution in [0.3, 0.4) is 0 Å². The monoisotopic (exact) mass is 266 g/mol. The van der Waals surface area contributed by atoms with Crippen molar-refractivity contribution in [3.8, 4) is 6.07 Å². The summed E-state index contributed by atoms with van der Waals surface area (Å²) < 4.78 is 4.90. The maximum atomic E-state index is 11.4. The minimum Gasteiger partial charge on any atom is -0.466 e. The first-order chi connectivity index (χ1) is 8.58. The number of benzene rings is 1. The molecule has 0 fully saturated rings. The summed E-state index contributed by atoms with van der Waals surface area (Å²) in [5, 5.41) is 12.2. The zero-order valence-corrected chi connectivity index (χ0v) is 11.1. The van der Waals surface area contributed by atoms with Gasteiger partial charge in [-0.2, -0.15) is 5.26 Å². The second-order valence-corrected chi connectivity index (χ2v) is 4.25. The van der Waals surface area contributed by atoms with Gasteiger partial charge in [0.2, 0.25) is 0 Å². The third kappa shape index (κ3) is 3.94. The van der Waals surface area contributed by atoms with Crippen LogP contribution in [-0.2, 0) is 9.53 Å². The minimum atomic E-state index is -0.237. The predicted octanol–water partition coefficient (Wildman–Crippen LogP) is 2.82. The molecule has 96 valence electrons. The molecule has 1 rings (SSSR count). The molecule has 0 bridgehead atoms. The number of esters is 1. The number of nitriles is 1. The maximum Gasteiger partial charge on any atom is 0.310 e. The van der Waals surface area contributed by atoms with Gasteiger partial charge in [-0.15, -0.1) is 0 Å². The molecule has 0 radical (unpaired) electrons. The fourth-order valence-electron chi connectivity index (χ4n) is 1.35. The lowest BCUT2D eigenvalue weighted by atomic mass is 10.1.